The predicted octanol–water partition coefficient (Wildman–Crippen LogP) is 5.31. The predicted molar refractivity (Wildman–Crippen MR) is 113 cm³/mol. The number of carbonyl (C=O) groups is 1. The molecule has 5 nitrogen and oxygen atoms in total. The summed E-state index contributed by atoms with van der Waals surface area (Å²) in [7, 11) is 0. The largest absolute Gasteiger partial charge is 0.443 e. The summed E-state index contributed by atoms with van der Waals surface area (Å²) in [6.45, 7) is 9.89. The highest BCUT2D eigenvalue weighted by Crippen LogP contribution is 2.39. The van der Waals surface area contributed by atoms with Gasteiger partial charge in [-0.2, -0.15) is 0 Å². The Hall–Kier alpha value is -1.98. The molecule has 1 N–H and O–H groups in total. The van der Waals surface area contributed by atoms with Crippen molar-refractivity contribution in [1.29, 1.82) is 0 Å². The number of amides is 1. The van der Waals surface area contributed by atoms with E-state index in [1.807, 2.05) is 34.6 Å². The molecule has 2 heterocycles. The van der Waals surface area contributed by atoms with Gasteiger partial charge in [-0.05, 0) is 44.5 Å². The number of carbonyl (C=O) groups excluding carboxylic acids is 1. The number of fused-ring (bicyclic) bond motifs is 1. The van der Waals surface area contributed by atoms with E-state index >= 15 is 0 Å². The second-order valence-electron chi connectivity index (χ2n) is 8.75. The van der Waals surface area contributed by atoms with Gasteiger partial charge in [-0.1, -0.05) is 43.1 Å². The van der Waals surface area contributed by atoms with Crippen LogP contribution in [0.4, 0.5) is 10.5 Å². The number of aromatic amines is 1. The van der Waals surface area contributed by atoms with Crippen LogP contribution in [-0.2, 0) is 16.6 Å². The number of halogens is 2. The van der Waals surface area contributed by atoms with Gasteiger partial charge in [0.2, 0.25) is 0 Å². The zero-order chi connectivity index (χ0) is 20.9. The number of anilines is 1. The van der Waals surface area contributed by atoms with Crippen LogP contribution in [0.3, 0.4) is 0 Å². The number of hydrogen-bond donors (Lipinski definition) is 1. The van der Waals surface area contributed by atoms with Gasteiger partial charge in [-0.15, -0.1) is 0 Å². The fourth-order valence-electron chi connectivity index (χ4n) is 3.33. The lowest BCUT2D eigenvalue weighted by molar-refractivity contribution is 0.0579. The Balaban J connectivity index is 2.02. The Morgan fingerprint density at radius 2 is 1.89 bits per heavy atom. The quantitative estimate of drug-likeness (QED) is 0.713. The Morgan fingerprint density at radius 3 is 2.50 bits per heavy atom. The van der Waals surface area contributed by atoms with Crippen molar-refractivity contribution in [2.24, 2.45) is 0 Å². The lowest BCUT2D eigenvalue weighted by Crippen LogP contribution is -2.38. The summed E-state index contributed by atoms with van der Waals surface area (Å²) in [5.74, 6) is 0. The van der Waals surface area contributed by atoms with Crippen molar-refractivity contribution in [1.82, 2.24) is 4.98 Å². The lowest BCUT2D eigenvalue weighted by atomic mass is 9.91. The molecule has 0 saturated heterocycles. The monoisotopic (exact) mass is 422 g/mol. The summed E-state index contributed by atoms with van der Waals surface area (Å²) in [5, 5.41) is 1.03. The van der Waals surface area contributed by atoms with Crippen LogP contribution >= 0.6 is 23.2 Å². The van der Waals surface area contributed by atoms with E-state index in [9.17, 15) is 9.59 Å². The van der Waals surface area contributed by atoms with Gasteiger partial charge in [0.15, 0.2) is 0 Å². The molecule has 0 unspecified atom stereocenters. The maximum atomic E-state index is 12.7. The van der Waals surface area contributed by atoms with Gasteiger partial charge in [0, 0.05) is 39.7 Å². The molecule has 0 bridgehead atoms. The van der Waals surface area contributed by atoms with Crippen molar-refractivity contribution >= 4 is 35.0 Å². The molecule has 7 heteroatoms. The number of nitrogens with one attached hydrogen (secondary N) is 1. The van der Waals surface area contributed by atoms with Crippen LogP contribution in [0.15, 0.2) is 29.1 Å². The summed E-state index contributed by atoms with van der Waals surface area (Å²) in [5.41, 5.74) is 1.53. The van der Waals surface area contributed by atoms with Crippen LogP contribution in [0.1, 0.15) is 51.4 Å². The van der Waals surface area contributed by atoms with Gasteiger partial charge in [-0.25, -0.2) is 4.79 Å². The third-order valence-electron chi connectivity index (χ3n) is 4.63. The summed E-state index contributed by atoms with van der Waals surface area (Å²) >= 11 is 12.2. The van der Waals surface area contributed by atoms with Gasteiger partial charge in [0.25, 0.3) is 5.56 Å². The minimum atomic E-state index is -0.605. The fraction of sp³-hybridized carbons (Fsp3) is 0.429. The Kier molecular flexibility index (Phi) is 5.28. The van der Waals surface area contributed by atoms with Crippen LogP contribution in [0, 0.1) is 0 Å². The number of rotatable bonds is 2. The van der Waals surface area contributed by atoms with Crippen LogP contribution in [-0.4, -0.2) is 23.2 Å². The summed E-state index contributed by atoms with van der Waals surface area (Å²) in [6, 6.07) is 6.95. The van der Waals surface area contributed by atoms with Crippen molar-refractivity contribution < 1.29 is 9.53 Å². The molecule has 150 valence electrons. The number of ether oxygens (including phenoxy) is 1. The average Bonchev–Trinajstić information content (AvgIpc) is 2.80. The number of aromatic nitrogens is 1. The lowest BCUT2D eigenvalue weighted by Gasteiger charge is -2.25. The first kappa shape index (κ1) is 20.7. The minimum absolute atomic E-state index is 0.191. The molecule has 0 saturated carbocycles. The van der Waals surface area contributed by atoms with Crippen molar-refractivity contribution in [2.75, 3.05) is 11.4 Å². The molecule has 1 amide bonds. The topological polar surface area (TPSA) is 62.4 Å². The van der Waals surface area contributed by atoms with Crippen LogP contribution in [0.5, 0.6) is 0 Å². The number of hydrogen-bond acceptors (Lipinski definition) is 3. The maximum Gasteiger partial charge on any atom is 0.414 e. The average molecular weight is 423 g/mol. The molecular formula is C21H24Cl2N2O3. The molecular weight excluding hydrogens is 399 g/mol. The first-order valence-electron chi connectivity index (χ1n) is 9.08. The standard InChI is InChI=1S/C21H24Cl2N2O3/c1-20(2,3)28-19(27)25-11-21(4,5)17-16(25)9-13(18(26)24-17)8-12-6-7-14(22)10-15(12)23/h6-7,9-10H,8,11H2,1-5H3,(H,24,26). The van der Waals surface area contributed by atoms with Gasteiger partial charge in [0.1, 0.15) is 5.60 Å². The molecule has 0 fully saturated rings. The van der Waals surface area contributed by atoms with Gasteiger partial charge >= 0.3 is 6.09 Å². The van der Waals surface area contributed by atoms with Crippen LogP contribution in [0.25, 0.3) is 0 Å². The SMILES string of the molecule is CC(C)(C)OC(=O)N1CC(C)(C)c2[nH]c(=O)c(Cc3ccc(Cl)cc3Cl)cc21. The van der Waals surface area contributed by atoms with Crippen molar-refractivity contribution in [3.05, 3.63) is 61.5 Å². The van der Waals surface area contributed by atoms with E-state index in [-0.39, 0.29) is 11.0 Å². The van der Waals surface area contributed by atoms with Crippen molar-refractivity contribution in [2.45, 2.75) is 52.1 Å². The molecule has 0 atom stereocenters. The third-order valence-corrected chi connectivity index (χ3v) is 5.22. The molecule has 1 aliphatic rings. The Labute approximate surface area is 174 Å². The van der Waals surface area contributed by atoms with E-state index in [1.54, 1.807) is 29.2 Å². The molecule has 1 aliphatic heterocycles. The zero-order valence-corrected chi connectivity index (χ0v) is 18.2. The number of pyridine rings is 1. The van der Waals surface area contributed by atoms with E-state index in [4.69, 9.17) is 27.9 Å². The molecule has 0 aliphatic carbocycles. The molecule has 3 rings (SSSR count). The molecule has 0 spiro atoms. The molecule has 2 aromatic rings. The highest BCUT2D eigenvalue weighted by molar-refractivity contribution is 6.35. The van der Waals surface area contributed by atoms with E-state index in [0.717, 1.165) is 11.3 Å². The second kappa shape index (κ2) is 7.12. The Morgan fingerprint density at radius 1 is 1.21 bits per heavy atom. The summed E-state index contributed by atoms with van der Waals surface area (Å²) in [6.07, 6.45) is -0.0943. The van der Waals surface area contributed by atoms with Crippen molar-refractivity contribution in [3.8, 4) is 0 Å². The number of H-pyrrole nitrogens is 1. The fourth-order valence-corrected chi connectivity index (χ4v) is 3.81. The molecule has 0 radical (unpaired) electrons. The molecule has 1 aromatic heterocycles. The van der Waals surface area contributed by atoms with Crippen molar-refractivity contribution in [3.63, 3.8) is 0 Å². The zero-order valence-electron chi connectivity index (χ0n) is 16.7. The van der Waals surface area contributed by atoms with Crippen LogP contribution in [0.2, 0.25) is 10.0 Å². The van der Waals surface area contributed by atoms with Gasteiger partial charge in [-0.3, -0.25) is 9.69 Å². The second-order valence-corrected chi connectivity index (χ2v) is 9.59. The van der Waals surface area contributed by atoms with Crippen LogP contribution < -0.4 is 10.5 Å². The minimum Gasteiger partial charge on any atom is -0.443 e. The first-order chi connectivity index (χ1) is 12.9. The summed E-state index contributed by atoms with van der Waals surface area (Å²) < 4.78 is 5.55. The smallest absolute Gasteiger partial charge is 0.414 e. The van der Waals surface area contributed by atoms with E-state index < -0.39 is 11.7 Å². The normalized spacial score (nSPS) is 15.5. The Bertz CT molecular complexity index is 990. The molecule has 1 aromatic carbocycles. The highest BCUT2D eigenvalue weighted by atomic mass is 35.5. The molecule has 28 heavy (non-hydrogen) atoms. The van der Waals surface area contributed by atoms with E-state index in [2.05, 4.69) is 4.98 Å². The number of benzene rings is 1. The van der Waals surface area contributed by atoms with E-state index in [0.29, 0.717) is 34.3 Å². The maximum absolute atomic E-state index is 12.7. The third kappa shape index (κ3) is 4.20. The number of nitrogens with zero attached hydrogens (tertiary/aromatic N) is 1. The first-order valence-corrected chi connectivity index (χ1v) is 9.84. The van der Waals surface area contributed by atoms with E-state index in [1.165, 1.54) is 0 Å². The van der Waals surface area contributed by atoms with Gasteiger partial charge in [0.05, 0.1) is 5.69 Å². The highest BCUT2D eigenvalue weighted by Gasteiger charge is 2.41. The summed E-state index contributed by atoms with van der Waals surface area (Å²) in [4.78, 5) is 30.0. The van der Waals surface area contributed by atoms with Gasteiger partial charge < -0.3 is 9.72 Å².